The van der Waals surface area contributed by atoms with Crippen LogP contribution in [0.2, 0.25) is 0 Å². The number of rotatable bonds is 2. The normalized spacial score (nSPS) is 43.0. The standard InChI is InChI=1S/C19H33NO2/c1-12(21)20-16-18(5,6)13-9-14-15(11-17(2,3)4)22-8-7-19(14,16)10-13/h13-16H,7-11H2,1-6H3,(H,20,21)/t13-,14-,15-,16-,19?/m1/s1. The van der Waals surface area contributed by atoms with Crippen LogP contribution in [0.1, 0.15) is 67.2 Å². The van der Waals surface area contributed by atoms with Crippen molar-refractivity contribution >= 4 is 5.91 Å². The van der Waals surface area contributed by atoms with Gasteiger partial charge in [-0.2, -0.15) is 0 Å². The Balaban J connectivity index is 1.90. The summed E-state index contributed by atoms with van der Waals surface area (Å²) in [5.41, 5.74) is 0.782. The first-order chi connectivity index (χ1) is 10.1. The van der Waals surface area contributed by atoms with Gasteiger partial charge in [0.05, 0.1) is 6.10 Å². The Bertz CT molecular complexity index is 465. The van der Waals surface area contributed by atoms with Crippen LogP contribution in [-0.4, -0.2) is 24.7 Å². The average Bonchev–Trinajstić information content (AvgIpc) is 2.82. The van der Waals surface area contributed by atoms with Crippen molar-refractivity contribution in [2.75, 3.05) is 6.61 Å². The van der Waals surface area contributed by atoms with E-state index < -0.39 is 0 Å². The van der Waals surface area contributed by atoms with Gasteiger partial charge in [0.1, 0.15) is 0 Å². The van der Waals surface area contributed by atoms with Crippen LogP contribution in [0.5, 0.6) is 0 Å². The highest BCUT2D eigenvalue weighted by molar-refractivity contribution is 5.73. The van der Waals surface area contributed by atoms with Gasteiger partial charge in [0.2, 0.25) is 5.91 Å². The lowest BCUT2D eigenvalue weighted by Crippen LogP contribution is -2.60. The highest BCUT2D eigenvalue weighted by atomic mass is 16.5. The van der Waals surface area contributed by atoms with Gasteiger partial charge < -0.3 is 10.1 Å². The summed E-state index contributed by atoms with van der Waals surface area (Å²) in [5.74, 6) is 1.46. The molecule has 1 N–H and O–H groups in total. The molecule has 1 amide bonds. The van der Waals surface area contributed by atoms with Crippen molar-refractivity contribution in [3.05, 3.63) is 0 Å². The van der Waals surface area contributed by atoms with Gasteiger partial charge >= 0.3 is 0 Å². The molecule has 5 atom stereocenters. The van der Waals surface area contributed by atoms with Crippen LogP contribution in [0.15, 0.2) is 0 Å². The van der Waals surface area contributed by atoms with Crippen molar-refractivity contribution in [3.63, 3.8) is 0 Å². The van der Waals surface area contributed by atoms with Crippen LogP contribution >= 0.6 is 0 Å². The maximum atomic E-state index is 11.8. The molecular weight excluding hydrogens is 274 g/mol. The minimum absolute atomic E-state index is 0.123. The number of hydrogen-bond acceptors (Lipinski definition) is 2. The fourth-order valence-corrected chi connectivity index (χ4v) is 5.92. The lowest BCUT2D eigenvalue weighted by molar-refractivity contribution is -0.140. The lowest BCUT2D eigenvalue weighted by atomic mass is 9.58. The molecule has 126 valence electrons. The molecule has 0 aromatic heterocycles. The second-order valence-electron chi connectivity index (χ2n) is 9.86. The molecule has 1 unspecified atom stereocenters. The Kier molecular flexibility index (Phi) is 3.67. The fourth-order valence-electron chi connectivity index (χ4n) is 5.92. The summed E-state index contributed by atoms with van der Waals surface area (Å²) < 4.78 is 6.22. The number of carbonyl (C=O) groups excluding carboxylic acids is 1. The van der Waals surface area contributed by atoms with Crippen LogP contribution in [0.4, 0.5) is 0 Å². The monoisotopic (exact) mass is 307 g/mol. The summed E-state index contributed by atoms with van der Waals surface area (Å²) in [6.07, 6.45) is 5.16. The van der Waals surface area contributed by atoms with Gasteiger partial charge in [-0.05, 0) is 53.8 Å². The Hall–Kier alpha value is -0.570. The smallest absolute Gasteiger partial charge is 0.217 e. The topological polar surface area (TPSA) is 38.3 Å². The molecule has 1 heterocycles. The maximum absolute atomic E-state index is 11.8. The van der Waals surface area contributed by atoms with Gasteiger partial charge in [0, 0.05) is 19.6 Å². The van der Waals surface area contributed by atoms with Crippen molar-refractivity contribution in [1.29, 1.82) is 0 Å². The van der Waals surface area contributed by atoms with E-state index in [9.17, 15) is 4.79 Å². The third kappa shape index (κ3) is 2.40. The molecule has 0 radical (unpaired) electrons. The summed E-state index contributed by atoms with van der Waals surface area (Å²) in [7, 11) is 0. The summed E-state index contributed by atoms with van der Waals surface area (Å²) in [4.78, 5) is 11.8. The SMILES string of the molecule is CC(=O)N[C@@H]1C(C)(C)[C@@H]2C[C@@H]3[C@@H](CC(C)(C)C)OCCC31C2. The zero-order valence-corrected chi connectivity index (χ0v) is 15.2. The van der Waals surface area contributed by atoms with Crippen LogP contribution in [0, 0.1) is 28.1 Å². The predicted molar refractivity (Wildman–Crippen MR) is 88.5 cm³/mol. The molecule has 0 aromatic carbocycles. The zero-order chi connectivity index (χ0) is 16.3. The molecule has 2 aliphatic carbocycles. The molecule has 3 nitrogen and oxygen atoms in total. The van der Waals surface area contributed by atoms with Crippen LogP contribution in [-0.2, 0) is 9.53 Å². The number of amides is 1. The van der Waals surface area contributed by atoms with E-state index in [2.05, 4.69) is 39.9 Å². The van der Waals surface area contributed by atoms with E-state index in [-0.39, 0.29) is 16.7 Å². The number of ether oxygens (including phenoxy) is 1. The Labute approximate surface area is 135 Å². The van der Waals surface area contributed by atoms with Gasteiger partial charge in [-0.1, -0.05) is 34.6 Å². The Morgan fingerprint density at radius 1 is 1.32 bits per heavy atom. The molecule has 2 bridgehead atoms. The van der Waals surface area contributed by atoms with Gasteiger partial charge in [0.25, 0.3) is 0 Å². The molecular formula is C19H33NO2. The highest BCUT2D eigenvalue weighted by Crippen LogP contribution is 2.69. The zero-order valence-electron chi connectivity index (χ0n) is 15.2. The third-order valence-electron chi connectivity index (χ3n) is 6.78. The molecule has 22 heavy (non-hydrogen) atoms. The average molecular weight is 307 g/mol. The van der Waals surface area contributed by atoms with Crippen LogP contribution in [0.3, 0.4) is 0 Å². The third-order valence-corrected chi connectivity index (χ3v) is 6.78. The van der Waals surface area contributed by atoms with Gasteiger partial charge in [0.15, 0.2) is 0 Å². The molecule has 1 aliphatic heterocycles. The van der Waals surface area contributed by atoms with E-state index in [0.29, 0.717) is 23.5 Å². The largest absolute Gasteiger partial charge is 0.378 e. The van der Waals surface area contributed by atoms with Crippen molar-refractivity contribution in [2.24, 2.45) is 28.1 Å². The van der Waals surface area contributed by atoms with Crippen LogP contribution in [0.25, 0.3) is 0 Å². The predicted octanol–water partition coefficient (Wildman–Crippen LogP) is 3.77. The van der Waals surface area contributed by atoms with Crippen molar-refractivity contribution in [3.8, 4) is 0 Å². The second kappa shape index (κ2) is 4.96. The second-order valence-corrected chi connectivity index (χ2v) is 9.86. The van der Waals surface area contributed by atoms with Crippen molar-refractivity contribution < 1.29 is 9.53 Å². The van der Waals surface area contributed by atoms with E-state index in [1.165, 1.54) is 12.8 Å². The van der Waals surface area contributed by atoms with E-state index >= 15 is 0 Å². The van der Waals surface area contributed by atoms with Crippen molar-refractivity contribution in [1.82, 2.24) is 5.32 Å². The molecule has 1 spiro atoms. The summed E-state index contributed by atoms with van der Waals surface area (Å²) >= 11 is 0. The minimum Gasteiger partial charge on any atom is -0.378 e. The van der Waals surface area contributed by atoms with Gasteiger partial charge in [-0.15, -0.1) is 0 Å². The first-order valence-electron chi connectivity index (χ1n) is 8.95. The lowest BCUT2D eigenvalue weighted by Gasteiger charge is -2.54. The number of hydrogen-bond donors (Lipinski definition) is 1. The first-order valence-corrected chi connectivity index (χ1v) is 8.95. The van der Waals surface area contributed by atoms with E-state index in [1.54, 1.807) is 6.92 Å². The molecule has 3 aliphatic rings. The quantitative estimate of drug-likeness (QED) is 0.843. The summed E-state index contributed by atoms with van der Waals surface area (Å²) in [6.45, 7) is 14.2. The van der Waals surface area contributed by atoms with Crippen LogP contribution < -0.4 is 5.32 Å². The molecule has 0 aromatic rings. The summed E-state index contributed by atoms with van der Waals surface area (Å²) in [5, 5.41) is 3.34. The molecule has 1 saturated heterocycles. The number of nitrogens with one attached hydrogen (secondary N) is 1. The first kappa shape index (κ1) is 16.3. The van der Waals surface area contributed by atoms with Gasteiger partial charge in [-0.25, -0.2) is 0 Å². The number of carbonyl (C=O) groups is 1. The van der Waals surface area contributed by atoms with Gasteiger partial charge in [-0.3, -0.25) is 4.79 Å². The Morgan fingerprint density at radius 3 is 2.59 bits per heavy atom. The fraction of sp³-hybridized carbons (Fsp3) is 0.947. The minimum atomic E-state index is 0.123. The van der Waals surface area contributed by atoms with E-state index in [0.717, 1.165) is 25.4 Å². The van der Waals surface area contributed by atoms with E-state index in [4.69, 9.17) is 4.74 Å². The van der Waals surface area contributed by atoms with Crippen molar-refractivity contribution in [2.45, 2.75) is 79.4 Å². The molecule has 3 fully saturated rings. The summed E-state index contributed by atoms with van der Waals surface area (Å²) in [6, 6.07) is 0.313. The molecule has 3 rings (SSSR count). The highest BCUT2D eigenvalue weighted by Gasteiger charge is 2.68. The Morgan fingerprint density at radius 2 is 2.00 bits per heavy atom. The maximum Gasteiger partial charge on any atom is 0.217 e. The molecule has 2 saturated carbocycles. The van der Waals surface area contributed by atoms with E-state index in [1.807, 2.05) is 0 Å². The molecule has 3 heteroatoms. The number of fused-ring (bicyclic) bond motifs is 1.